The molecule has 6 heteroatoms. The van der Waals surface area contributed by atoms with Crippen LogP contribution in [-0.2, 0) is 0 Å². The van der Waals surface area contributed by atoms with Gasteiger partial charge in [0.1, 0.15) is 6.26 Å². The smallest absolute Gasteiger partial charge is 0.373 e. The highest BCUT2D eigenvalue weighted by Gasteiger charge is 2.34. The molecule has 0 amide bonds. The summed E-state index contributed by atoms with van der Waals surface area (Å²) in [4.78, 5) is 15.1. The molecule has 0 atom stereocenters. The number of nitrogens with zero attached hydrogens (tertiary/aromatic N) is 2. The number of carboxylic acid groups (broad SMARTS) is 1. The van der Waals surface area contributed by atoms with E-state index in [1.165, 1.54) is 6.26 Å². The Bertz CT molecular complexity index is 525. The van der Waals surface area contributed by atoms with Crippen LogP contribution in [0.3, 0.4) is 0 Å². The lowest BCUT2D eigenvalue weighted by molar-refractivity contribution is 0.0661. The van der Waals surface area contributed by atoms with E-state index >= 15 is 0 Å². The molecule has 2 aromatic rings. The van der Waals surface area contributed by atoms with Crippen molar-refractivity contribution in [3.63, 3.8) is 0 Å². The minimum absolute atomic E-state index is 0.0829. The third kappa shape index (κ3) is 1.39. The van der Waals surface area contributed by atoms with Gasteiger partial charge in [0.2, 0.25) is 11.7 Å². The molecular weight excluding hydrogens is 212 g/mol. The third-order valence-electron chi connectivity index (χ3n) is 2.47. The van der Waals surface area contributed by atoms with Crippen molar-refractivity contribution in [1.29, 1.82) is 0 Å². The maximum absolute atomic E-state index is 11.0. The molecule has 3 rings (SSSR count). The first-order chi connectivity index (χ1) is 7.75. The molecule has 0 aromatic carbocycles. The first kappa shape index (κ1) is 9.14. The van der Waals surface area contributed by atoms with E-state index in [-0.39, 0.29) is 17.6 Å². The Morgan fingerprint density at radius 1 is 1.50 bits per heavy atom. The molecule has 0 saturated heterocycles. The third-order valence-corrected chi connectivity index (χ3v) is 2.47. The van der Waals surface area contributed by atoms with Crippen molar-refractivity contribution in [3.05, 3.63) is 23.8 Å². The molecule has 82 valence electrons. The Labute approximate surface area is 89.9 Å². The number of rotatable bonds is 3. The number of oxazole rings is 1. The van der Waals surface area contributed by atoms with Crippen molar-refractivity contribution in [2.24, 2.45) is 0 Å². The van der Waals surface area contributed by atoms with Crippen LogP contribution in [0.2, 0.25) is 0 Å². The van der Waals surface area contributed by atoms with Gasteiger partial charge in [-0.3, -0.25) is 0 Å². The van der Waals surface area contributed by atoms with Gasteiger partial charge >= 0.3 is 5.97 Å². The van der Waals surface area contributed by atoms with Crippen LogP contribution in [0.15, 0.2) is 21.3 Å². The van der Waals surface area contributed by atoms with Crippen molar-refractivity contribution in [2.45, 2.75) is 18.8 Å². The number of hydrogen-bond acceptors (Lipinski definition) is 5. The summed E-state index contributed by atoms with van der Waals surface area (Å²) in [7, 11) is 0. The van der Waals surface area contributed by atoms with Gasteiger partial charge in [-0.1, -0.05) is 5.16 Å². The number of aromatic carboxylic acids is 1. The molecule has 0 bridgehead atoms. The van der Waals surface area contributed by atoms with Crippen LogP contribution in [0.25, 0.3) is 11.6 Å². The van der Waals surface area contributed by atoms with Crippen LogP contribution in [0.5, 0.6) is 0 Å². The predicted octanol–water partition coefficient (Wildman–Crippen LogP) is 1.91. The van der Waals surface area contributed by atoms with E-state index in [2.05, 4.69) is 14.7 Å². The normalized spacial score (nSPS) is 15.2. The van der Waals surface area contributed by atoms with Gasteiger partial charge in [0.05, 0.1) is 5.69 Å². The zero-order chi connectivity index (χ0) is 11.1. The van der Waals surface area contributed by atoms with E-state index < -0.39 is 5.97 Å². The SMILES string of the molecule is O=C(O)c1oc(-c2ccon2)nc1C1CC1. The Balaban J connectivity index is 2.08. The highest BCUT2D eigenvalue weighted by Crippen LogP contribution is 2.42. The van der Waals surface area contributed by atoms with E-state index in [0.29, 0.717) is 11.4 Å². The van der Waals surface area contributed by atoms with Crippen molar-refractivity contribution >= 4 is 5.97 Å². The fraction of sp³-hybridized carbons (Fsp3) is 0.300. The van der Waals surface area contributed by atoms with E-state index in [4.69, 9.17) is 9.52 Å². The predicted molar refractivity (Wildman–Crippen MR) is 50.9 cm³/mol. The van der Waals surface area contributed by atoms with Crippen molar-refractivity contribution in [3.8, 4) is 11.6 Å². The second-order valence-corrected chi connectivity index (χ2v) is 3.70. The standard InChI is InChI=1S/C10H8N2O4/c13-10(14)8-7(5-1-2-5)11-9(16-8)6-3-4-15-12-6/h3-5H,1-2H2,(H,13,14). The number of hydrogen-bond donors (Lipinski definition) is 1. The fourth-order valence-electron chi connectivity index (χ4n) is 1.55. The van der Waals surface area contributed by atoms with Gasteiger partial charge in [-0.25, -0.2) is 9.78 Å². The Hall–Kier alpha value is -2.11. The highest BCUT2D eigenvalue weighted by atomic mass is 16.5. The Morgan fingerprint density at radius 3 is 2.88 bits per heavy atom. The maximum Gasteiger partial charge on any atom is 0.373 e. The minimum atomic E-state index is -1.09. The summed E-state index contributed by atoms with van der Waals surface area (Å²) in [5.74, 6) is -0.756. The van der Waals surface area contributed by atoms with E-state index in [1.807, 2.05) is 0 Å². The molecule has 2 aromatic heterocycles. The molecule has 1 saturated carbocycles. The van der Waals surface area contributed by atoms with E-state index in [1.54, 1.807) is 6.07 Å². The van der Waals surface area contributed by atoms with Crippen LogP contribution in [0.1, 0.15) is 35.0 Å². The largest absolute Gasteiger partial charge is 0.475 e. The molecule has 1 N–H and O–H groups in total. The highest BCUT2D eigenvalue weighted by molar-refractivity contribution is 5.86. The zero-order valence-corrected chi connectivity index (χ0v) is 8.21. The Kier molecular flexibility index (Phi) is 1.82. The second kappa shape index (κ2) is 3.19. The van der Waals surface area contributed by atoms with Crippen LogP contribution >= 0.6 is 0 Å². The second-order valence-electron chi connectivity index (χ2n) is 3.70. The lowest BCUT2D eigenvalue weighted by atomic mass is 10.2. The summed E-state index contributed by atoms with van der Waals surface area (Å²) in [5.41, 5.74) is 0.930. The number of carbonyl (C=O) groups is 1. The van der Waals surface area contributed by atoms with E-state index in [9.17, 15) is 4.79 Å². The molecule has 1 aliphatic rings. The molecule has 0 spiro atoms. The molecule has 1 fully saturated rings. The zero-order valence-electron chi connectivity index (χ0n) is 8.21. The Morgan fingerprint density at radius 2 is 2.31 bits per heavy atom. The van der Waals surface area contributed by atoms with Gasteiger partial charge in [-0.2, -0.15) is 0 Å². The molecule has 16 heavy (non-hydrogen) atoms. The van der Waals surface area contributed by atoms with Crippen molar-refractivity contribution < 1.29 is 18.8 Å². The topological polar surface area (TPSA) is 89.4 Å². The molecule has 0 radical (unpaired) electrons. The summed E-state index contributed by atoms with van der Waals surface area (Å²) >= 11 is 0. The van der Waals surface area contributed by atoms with Gasteiger partial charge in [0.25, 0.3) is 0 Å². The summed E-state index contributed by atoms with van der Waals surface area (Å²) in [6, 6.07) is 1.58. The van der Waals surface area contributed by atoms with Crippen molar-refractivity contribution in [2.75, 3.05) is 0 Å². The quantitative estimate of drug-likeness (QED) is 0.849. The maximum atomic E-state index is 11.0. The average molecular weight is 220 g/mol. The molecule has 0 unspecified atom stereocenters. The van der Waals surface area contributed by atoms with Gasteiger partial charge in [0.15, 0.2) is 5.69 Å². The van der Waals surface area contributed by atoms with Crippen LogP contribution in [-0.4, -0.2) is 21.2 Å². The van der Waals surface area contributed by atoms with Gasteiger partial charge < -0.3 is 14.0 Å². The summed E-state index contributed by atoms with van der Waals surface area (Å²) in [6.07, 6.45) is 3.31. The first-order valence-electron chi connectivity index (χ1n) is 4.90. The molecule has 2 heterocycles. The van der Waals surface area contributed by atoms with E-state index in [0.717, 1.165) is 12.8 Å². The first-order valence-corrected chi connectivity index (χ1v) is 4.90. The number of carboxylic acids is 1. The number of aromatic nitrogens is 2. The fourth-order valence-corrected chi connectivity index (χ4v) is 1.55. The van der Waals surface area contributed by atoms with Crippen LogP contribution in [0, 0.1) is 0 Å². The molecular formula is C10H8N2O4. The van der Waals surface area contributed by atoms with Gasteiger partial charge in [0, 0.05) is 12.0 Å². The van der Waals surface area contributed by atoms with Crippen LogP contribution in [0.4, 0.5) is 0 Å². The molecule has 0 aliphatic heterocycles. The van der Waals surface area contributed by atoms with Crippen LogP contribution < -0.4 is 0 Å². The van der Waals surface area contributed by atoms with Crippen molar-refractivity contribution in [1.82, 2.24) is 10.1 Å². The molecule has 6 nitrogen and oxygen atoms in total. The summed E-state index contributed by atoms with van der Waals surface area (Å²) in [5, 5.41) is 12.6. The average Bonchev–Trinajstić information content (AvgIpc) is 2.83. The monoisotopic (exact) mass is 220 g/mol. The summed E-state index contributed by atoms with van der Waals surface area (Å²) < 4.78 is 9.85. The lowest BCUT2D eigenvalue weighted by Crippen LogP contribution is -1.98. The summed E-state index contributed by atoms with van der Waals surface area (Å²) in [6.45, 7) is 0. The van der Waals surface area contributed by atoms with Gasteiger partial charge in [-0.05, 0) is 12.8 Å². The van der Waals surface area contributed by atoms with Gasteiger partial charge in [-0.15, -0.1) is 0 Å². The minimum Gasteiger partial charge on any atom is -0.475 e. The molecule has 1 aliphatic carbocycles. The lowest BCUT2D eigenvalue weighted by Gasteiger charge is -1.89.